The van der Waals surface area contributed by atoms with Gasteiger partial charge >= 0.3 is 5.97 Å². The standard InChI is InChI=1S/C19H25N3O3/c1-5-12(2)20-19(25)15-6-8-16(9-7-15)22-14(4)17(13(3)21-22)10-11-18(23)24/h6-9,12H,5,10-11H2,1-4H3,(H,20,25)(H,23,24). The third kappa shape index (κ3) is 4.47. The van der Waals surface area contributed by atoms with E-state index < -0.39 is 5.97 Å². The lowest BCUT2D eigenvalue weighted by molar-refractivity contribution is -0.136. The normalized spacial score (nSPS) is 12.0. The Morgan fingerprint density at radius 1 is 1.24 bits per heavy atom. The predicted molar refractivity (Wildman–Crippen MR) is 96.2 cm³/mol. The molecule has 0 bridgehead atoms. The highest BCUT2D eigenvalue weighted by molar-refractivity contribution is 5.94. The number of aliphatic carboxylic acids is 1. The van der Waals surface area contributed by atoms with Gasteiger partial charge in [0.2, 0.25) is 0 Å². The summed E-state index contributed by atoms with van der Waals surface area (Å²) in [6.07, 6.45) is 1.43. The topological polar surface area (TPSA) is 84.2 Å². The second-order valence-corrected chi connectivity index (χ2v) is 6.28. The quantitative estimate of drug-likeness (QED) is 0.809. The summed E-state index contributed by atoms with van der Waals surface area (Å²) in [5, 5.41) is 16.3. The van der Waals surface area contributed by atoms with Crippen molar-refractivity contribution in [3.8, 4) is 5.69 Å². The molecule has 1 unspecified atom stereocenters. The molecule has 0 spiro atoms. The Hall–Kier alpha value is -2.63. The average molecular weight is 343 g/mol. The minimum Gasteiger partial charge on any atom is -0.481 e. The molecule has 25 heavy (non-hydrogen) atoms. The summed E-state index contributed by atoms with van der Waals surface area (Å²) in [4.78, 5) is 23.0. The van der Waals surface area contributed by atoms with E-state index in [1.807, 2.05) is 39.8 Å². The molecule has 0 saturated carbocycles. The highest BCUT2D eigenvalue weighted by Crippen LogP contribution is 2.20. The number of aromatic nitrogens is 2. The highest BCUT2D eigenvalue weighted by atomic mass is 16.4. The minimum absolute atomic E-state index is 0.0854. The number of hydrogen-bond acceptors (Lipinski definition) is 3. The first kappa shape index (κ1) is 18.7. The number of nitrogens with one attached hydrogen (secondary N) is 1. The van der Waals surface area contributed by atoms with E-state index in [0.717, 1.165) is 29.1 Å². The number of amides is 1. The Kier molecular flexibility index (Phi) is 5.96. The van der Waals surface area contributed by atoms with Crippen molar-refractivity contribution in [2.75, 3.05) is 0 Å². The molecule has 2 rings (SSSR count). The van der Waals surface area contributed by atoms with Gasteiger partial charge in [-0.3, -0.25) is 9.59 Å². The van der Waals surface area contributed by atoms with Gasteiger partial charge in [0.1, 0.15) is 0 Å². The Bertz CT molecular complexity index is 763. The molecule has 1 atom stereocenters. The lowest BCUT2D eigenvalue weighted by Gasteiger charge is -2.12. The van der Waals surface area contributed by atoms with E-state index in [1.165, 1.54) is 0 Å². The summed E-state index contributed by atoms with van der Waals surface area (Å²) in [5.41, 5.74) is 4.17. The van der Waals surface area contributed by atoms with Crippen molar-refractivity contribution in [3.05, 3.63) is 46.8 Å². The second kappa shape index (κ2) is 7.96. The zero-order chi connectivity index (χ0) is 18.6. The smallest absolute Gasteiger partial charge is 0.303 e. The second-order valence-electron chi connectivity index (χ2n) is 6.28. The van der Waals surface area contributed by atoms with Crippen LogP contribution in [0.5, 0.6) is 0 Å². The Morgan fingerprint density at radius 3 is 2.44 bits per heavy atom. The van der Waals surface area contributed by atoms with Gasteiger partial charge in [-0.15, -0.1) is 0 Å². The van der Waals surface area contributed by atoms with Crippen molar-refractivity contribution in [3.63, 3.8) is 0 Å². The molecule has 1 heterocycles. The number of carbonyl (C=O) groups is 2. The predicted octanol–water partition coefficient (Wildman–Crippen LogP) is 3.03. The van der Waals surface area contributed by atoms with Crippen LogP contribution in [0.4, 0.5) is 0 Å². The molecular weight excluding hydrogens is 318 g/mol. The van der Waals surface area contributed by atoms with E-state index in [4.69, 9.17) is 5.11 Å². The summed E-state index contributed by atoms with van der Waals surface area (Å²) in [7, 11) is 0. The molecule has 0 radical (unpaired) electrons. The number of rotatable bonds is 7. The van der Waals surface area contributed by atoms with Crippen molar-refractivity contribution in [2.45, 2.75) is 53.0 Å². The first-order valence-corrected chi connectivity index (χ1v) is 8.51. The molecule has 0 saturated heterocycles. The SMILES string of the molecule is CCC(C)NC(=O)c1ccc(-n2nc(C)c(CCC(=O)O)c2C)cc1. The molecule has 0 aliphatic rings. The number of carboxylic acids is 1. The van der Waals surface area contributed by atoms with Crippen molar-refractivity contribution < 1.29 is 14.7 Å². The van der Waals surface area contributed by atoms with Crippen molar-refractivity contribution in [1.29, 1.82) is 0 Å². The van der Waals surface area contributed by atoms with Gasteiger partial charge in [0.15, 0.2) is 0 Å². The summed E-state index contributed by atoms with van der Waals surface area (Å²) in [6.45, 7) is 7.81. The largest absolute Gasteiger partial charge is 0.481 e. The van der Waals surface area contributed by atoms with Gasteiger partial charge < -0.3 is 10.4 Å². The van der Waals surface area contributed by atoms with E-state index in [9.17, 15) is 9.59 Å². The first-order chi connectivity index (χ1) is 11.8. The Labute approximate surface area is 147 Å². The number of nitrogens with zero attached hydrogens (tertiary/aromatic N) is 2. The van der Waals surface area contributed by atoms with Crippen molar-refractivity contribution in [2.24, 2.45) is 0 Å². The Morgan fingerprint density at radius 2 is 1.88 bits per heavy atom. The van der Waals surface area contributed by atoms with Crippen LogP contribution in [0.15, 0.2) is 24.3 Å². The van der Waals surface area contributed by atoms with Crippen LogP contribution in [-0.4, -0.2) is 32.8 Å². The molecule has 6 nitrogen and oxygen atoms in total. The summed E-state index contributed by atoms with van der Waals surface area (Å²) in [5.74, 6) is -0.903. The number of carbonyl (C=O) groups excluding carboxylic acids is 1. The summed E-state index contributed by atoms with van der Waals surface area (Å²) < 4.78 is 1.79. The van der Waals surface area contributed by atoms with E-state index >= 15 is 0 Å². The molecule has 6 heteroatoms. The van der Waals surface area contributed by atoms with Crippen molar-refractivity contribution >= 4 is 11.9 Å². The van der Waals surface area contributed by atoms with Gasteiger partial charge in [0.05, 0.1) is 11.4 Å². The van der Waals surface area contributed by atoms with Crippen LogP contribution in [0, 0.1) is 13.8 Å². The molecular formula is C19H25N3O3. The molecule has 1 aromatic carbocycles. The van der Waals surface area contributed by atoms with Gasteiger partial charge in [-0.05, 0) is 63.4 Å². The molecule has 2 aromatic rings. The van der Waals surface area contributed by atoms with Gasteiger partial charge in [0.25, 0.3) is 5.91 Å². The maximum Gasteiger partial charge on any atom is 0.303 e. The fourth-order valence-electron chi connectivity index (χ4n) is 2.68. The number of aryl methyl sites for hydroxylation is 1. The van der Waals surface area contributed by atoms with Crippen LogP contribution < -0.4 is 5.32 Å². The first-order valence-electron chi connectivity index (χ1n) is 8.51. The molecule has 0 aliphatic carbocycles. The lowest BCUT2D eigenvalue weighted by Crippen LogP contribution is -2.31. The Balaban J connectivity index is 2.21. The number of carboxylic acid groups (broad SMARTS) is 1. The third-order valence-corrected chi connectivity index (χ3v) is 4.39. The maximum atomic E-state index is 12.1. The number of benzene rings is 1. The van der Waals surface area contributed by atoms with E-state index in [-0.39, 0.29) is 18.4 Å². The molecule has 0 aliphatic heterocycles. The zero-order valence-electron chi connectivity index (χ0n) is 15.2. The molecule has 1 aromatic heterocycles. The van der Waals surface area contributed by atoms with Crippen LogP contribution in [0.2, 0.25) is 0 Å². The van der Waals surface area contributed by atoms with Gasteiger partial charge in [-0.25, -0.2) is 4.68 Å². The average Bonchev–Trinajstić information content (AvgIpc) is 2.87. The third-order valence-electron chi connectivity index (χ3n) is 4.39. The van der Waals surface area contributed by atoms with Crippen molar-refractivity contribution in [1.82, 2.24) is 15.1 Å². The highest BCUT2D eigenvalue weighted by Gasteiger charge is 2.14. The molecule has 2 N–H and O–H groups in total. The molecule has 1 amide bonds. The van der Waals surface area contributed by atoms with Crippen LogP contribution in [0.1, 0.15) is 54.0 Å². The fraction of sp³-hybridized carbons (Fsp3) is 0.421. The summed E-state index contributed by atoms with van der Waals surface area (Å²) >= 11 is 0. The number of hydrogen-bond donors (Lipinski definition) is 2. The van der Waals surface area contributed by atoms with E-state index in [1.54, 1.807) is 16.8 Å². The fourth-order valence-corrected chi connectivity index (χ4v) is 2.68. The van der Waals surface area contributed by atoms with Gasteiger partial charge in [-0.2, -0.15) is 5.10 Å². The summed E-state index contributed by atoms with van der Waals surface area (Å²) in [6, 6.07) is 7.40. The van der Waals surface area contributed by atoms with Crippen LogP contribution >= 0.6 is 0 Å². The van der Waals surface area contributed by atoms with E-state index in [2.05, 4.69) is 10.4 Å². The minimum atomic E-state index is -0.816. The van der Waals surface area contributed by atoms with Crippen LogP contribution in [-0.2, 0) is 11.2 Å². The van der Waals surface area contributed by atoms with Crippen LogP contribution in [0.25, 0.3) is 5.69 Å². The van der Waals surface area contributed by atoms with Gasteiger partial charge in [-0.1, -0.05) is 6.92 Å². The lowest BCUT2D eigenvalue weighted by atomic mass is 10.1. The monoisotopic (exact) mass is 343 g/mol. The zero-order valence-corrected chi connectivity index (χ0v) is 15.2. The van der Waals surface area contributed by atoms with Crippen LogP contribution in [0.3, 0.4) is 0 Å². The molecule has 134 valence electrons. The molecule has 0 fully saturated rings. The maximum absolute atomic E-state index is 12.1. The van der Waals surface area contributed by atoms with Gasteiger partial charge in [0, 0.05) is 23.7 Å². The van der Waals surface area contributed by atoms with E-state index in [0.29, 0.717) is 12.0 Å².